The molecule has 0 saturated heterocycles. The lowest BCUT2D eigenvalue weighted by molar-refractivity contribution is -0.162. The van der Waals surface area contributed by atoms with Crippen LogP contribution in [0.2, 0.25) is 0 Å². The predicted molar refractivity (Wildman–Crippen MR) is 96.2 cm³/mol. The van der Waals surface area contributed by atoms with E-state index in [2.05, 4.69) is 19.1 Å². The van der Waals surface area contributed by atoms with Gasteiger partial charge in [0.2, 0.25) is 0 Å². The lowest BCUT2D eigenvalue weighted by atomic mass is 10.0. The van der Waals surface area contributed by atoms with Gasteiger partial charge in [0, 0.05) is 6.42 Å². The zero-order valence-corrected chi connectivity index (χ0v) is 15.4. The van der Waals surface area contributed by atoms with Crippen molar-refractivity contribution in [3.8, 4) is 0 Å². The highest BCUT2D eigenvalue weighted by Crippen LogP contribution is 2.13. The first-order valence-electron chi connectivity index (χ1n) is 9.55. The van der Waals surface area contributed by atoms with Gasteiger partial charge in [-0.25, -0.2) is 0 Å². The molecule has 134 valence electrons. The minimum atomic E-state index is -0.400. The van der Waals surface area contributed by atoms with Crippen molar-refractivity contribution in [1.82, 2.24) is 0 Å². The number of unbranched alkanes of at least 4 members (excludes halogenated alkanes) is 7. The van der Waals surface area contributed by atoms with Crippen molar-refractivity contribution in [2.45, 2.75) is 97.8 Å². The molecule has 0 heterocycles. The topological polar surface area (TPSA) is 43.4 Å². The zero-order valence-electron chi connectivity index (χ0n) is 15.4. The SMILES string of the molecule is CCCCCCCCCC=CCC(CC)C(=O)OC(=O)CCC. The molecule has 1 unspecified atom stereocenters. The van der Waals surface area contributed by atoms with E-state index in [0.29, 0.717) is 25.7 Å². The number of allylic oxidation sites excluding steroid dienone is 2. The maximum Gasteiger partial charge on any atom is 0.316 e. The van der Waals surface area contributed by atoms with Crippen molar-refractivity contribution >= 4 is 11.9 Å². The summed E-state index contributed by atoms with van der Waals surface area (Å²) in [6.45, 7) is 6.10. The van der Waals surface area contributed by atoms with Crippen LogP contribution in [0.15, 0.2) is 12.2 Å². The smallest absolute Gasteiger partial charge is 0.316 e. The van der Waals surface area contributed by atoms with Crippen molar-refractivity contribution in [3.63, 3.8) is 0 Å². The summed E-state index contributed by atoms with van der Waals surface area (Å²) in [7, 11) is 0. The van der Waals surface area contributed by atoms with E-state index in [9.17, 15) is 9.59 Å². The van der Waals surface area contributed by atoms with Crippen LogP contribution in [0.3, 0.4) is 0 Å². The van der Waals surface area contributed by atoms with Gasteiger partial charge >= 0.3 is 11.9 Å². The number of carbonyl (C=O) groups is 2. The Morgan fingerprint density at radius 3 is 2.13 bits per heavy atom. The highest BCUT2D eigenvalue weighted by atomic mass is 16.6. The van der Waals surface area contributed by atoms with Crippen LogP contribution in [0.4, 0.5) is 0 Å². The lowest BCUT2D eigenvalue weighted by Gasteiger charge is -2.10. The monoisotopic (exact) mass is 324 g/mol. The molecule has 0 amide bonds. The summed E-state index contributed by atoms with van der Waals surface area (Å²) in [5.74, 6) is -0.962. The summed E-state index contributed by atoms with van der Waals surface area (Å²) >= 11 is 0. The second-order valence-corrected chi connectivity index (χ2v) is 6.27. The number of carbonyl (C=O) groups excluding carboxylic acids is 2. The van der Waals surface area contributed by atoms with Crippen LogP contribution in [0.1, 0.15) is 97.8 Å². The summed E-state index contributed by atoms with van der Waals surface area (Å²) in [5, 5.41) is 0. The number of rotatable bonds is 14. The van der Waals surface area contributed by atoms with Gasteiger partial charge in [-0.3, -0.25) is 9.59 Å². The molecule has 0 aliphatic carbocycles. The third-order valence-electron chi connectivity index (χ3n) is 4.06. The van der Waals surface area contributed by atoms with Crippen molar-refractivity contribution in [1.29, 1.82) is 0 Å². The number of hydrogen-bond acceptors (Lipinski definition) is 3. The van der Waals surface area contributed by atoms with Gasteiger partial charge in [0.15, 0.2) is 0 Å². The molecule has 0 bridgehead atoms. The van der Waals surface area contributed by atoms with E-state index in [0.717, 1.165) is 6.42 Å². The molecule has 0 aliphatic heterocycles. The molecule has 0 N–H and O–H groups in total. The molecule has 0 spiro atoms. The first kappa shape index (κ1) is 21.9. The molecular formula is C20H36O3. The Kier molecular flexibility index (Phi) is 15.0. The molecule has 0 aliphatic rings. The summed E-state index contributed by atoms with van der Waals surface area (Å²) in [4.78, 5) is 23.2. The average molecular weight is 325 g/mol. The molecule has 0 aromatic rings. The highest BCUT2D eigenvalue weighted by molar-refractivity contribution is 5.86. The van der Waals surface area contributed by atoms with Gasteiger partial charge in [-0.05, 0) is 32.1 Å². The van der Waals surface area contributed by atoms with Crippen LogP contribution in [0.25, 0.3) is 0 Å². The van der Waals surface area contributed by atoms with E-state index in [4.69, 9.17) is 4.74 Å². The molecule has 1 atom stereocenters. The molecule has 3 nitrogen and oxygen atoms in total. The third kappa shape index (κ3) is 13.1. The van der Waals surface area contributed by atoms with Gasteiger partial charge in [-0.15, -0.1) is 0 Å². The molecule has 0 rings (SSSR count). The molecule has 0 aromatic heterocycles. The normalized spacial score (nSPS) is 12.5. The minimum Gasteiger partial charge on any atom is -0.393 e. The molecular weight excluding hydrogens is 288 g/mol. The van der Waals surface area contributed by atoms with Crippen LogP contribution < -0.4 is 0 Å². The average Bonchev–Trinajstić information content (AvgIpc) is 2.52. The summed E-state index contributed by atoms with van der Waals surface area (Å²) in [6, 6.07) is 0. The number of hydrogen-bond donors (Lipinski definition) is 0. The van der Waals surface area contributed by atoms with Crippen molar-refractivity contribution in [2.24, 2.45) is 5.92 Å². The standard InChI is InChI=1S/C20H36O3/c1-4-7-8-9-10-11-12-13-14-15-17-18(6-3)20(22)23-19(21)16-5-2/h14-15,18H,4-13,16-17H2,1-3H3. The van der Waals surface area contributed by atoms with Crippen molar-refractivity contribution in [2.75, 3.05) is 0 Å². The quantitative estimate of drug-likeness (QED) is 0.171. The van der Waals surface area contributed by atoms with E-state index < -0.39 is 5.97 Å². The molecule has 0 saturated carbocycles. The van der Waals surface area contributed by atoms with E-state index in [1.165, 1.54) is 44.9 Å². The molecule has 0 aromatic carbocycles. The Bertz CT molecular complexity index is 334. The first-order chi connectivity index (χ1) is 11.2. The van der Waals surface area contributed by atoms with Crippen molar-refractivity contribution in [3.05, 3.63) is 12.2 Å². The van der Waals surface area contributed by atoms with Gasteiger partial charge in [-0.2, -0.15) is 0 Å². The van der Waals surface area contributed by atoms with Gasteiger partial charge in [0.1, 0.15) is 0 Å². The molecule has 0 fully saturated rings. The fraction of sp³-hybridized carbons (Fsp3) is 0.800. The van der Waals surface area contributed by atoms with E-state index in [1.54, 1.807) is 0 Å². The largest absolute Gasteiger partial charge is 0.393 e. The Labute approximate surface area is 142 Å². The summed E-state index contributed by atoms with van der Waals surface area (Å²) < 4.78 is 4.87. The molecule has 0 radical (unpaired) electrons. The summed E-state index contributed by atoms with van der Waals surface area (Å²) in [6.07, 6.45) is 16.9. The maximum atomic E-state index is 11.9. The minimum absolute atomic E-state index is 0.193. The van der Waals surface area contributed by atoms with Gasteiger partial charge in [0.05, 0.1) is 5.92 Å². The Hall–Kier alpha value is -1.12. The van der Waals surface area contributed by atoms with Crippen LogP contribution in [-0.2, 0) is 14.3 Å². The van der Waals surface area contributed by atoms with Crippen LogP contribution >= 0.6 is 0 Å². The van der Waals surface area contributed by atoms with Gasteiger partial charge < -0.3 is 4.74 Å². The number of esters is 2. The van der Waals surface area contributed by atoms with E-state index in [1.807, 2.05) is 13.8 Å². The Morgan fingerprint density at radius 1 is 0.870 bits per heavy atom. The van der Waals surface area contributed by atoms with Crippen LogP contribution in [-0.4, -0.2) is 11.9 Å². The first-order valence-corrected chi connectivity index (χ1v) is 9.55. The highest BCUT2D eigenvalue weighted by Gasteiger charge is 2.19. The van der Waals surface area contributed by atoms with Crippen LogP contribution in [0.5, 0.6) is 0 Å². The Balaban J connectivity index is 3.76. The second kappa shape index (κ2) is 15.8. The third-order valence-corrected chi connectivity index (χ3v) is 4.06. The zero-order chi connectivity index (χ0) is 17.3. The summed E-state index contributed by atoms with van der Waals surface area (Å²) in [5.41, 5.74) is 0. The van der Waals surface area contributed by atoms with Crippen LogP contribution in [0, 0.1) is 5.92 Å². The molecule has 3 heteroatoms. The fourth-order valence-corrected chi connectivity index (χ4v) is 2.48. The Morgan fingerprint density at radius 2 is 1.52 bits per heavy atom. The fourth-order valence-electron chi connectivity index (χ4n) is 2.48. The lowest BCUT2D eigenvalue weighted by Crippen LogP contribution is -2.20. The maximum absolute atomic E-state index is 11.9. The number of ether oxygens (including phenoxy) is 1. The van der Waals surface area contributed by atoms with E-state index in [-0.39, 0.29) is 11.9 Å². The second-order valence-electron chi connectivity index (χ2n) is 6.27. The van der Waals surface area contributed by atoms with Gasteiger partial charge in [0.25, 0.3) is 0 Å². The van der Waals surface area contributed by atoms with Crippen molar-refractivity contribution < 1.29 is 14.3 Å². The molecule has 23 heavy (non-hydrogen) atoms. The predicted octanol–water partition coefficient (Wildman–Crippen LogP) is 5.97. The van der Waals surface area contributed by atoms with E-state index >= 15 is 0 Å². The van der Waals surface area contributed by atoms with Gasteiger partial charge in [-0.1, -0.05) is 71.4 Å².